The third-order valence-electron chi connectivity index (χ3n) is 4.63. The minimum atomic E-state index is -0.885. The summed E-state index contributed by atoms with van der Waals surface area (Å²) in [6.07, 6.45) is 0.210. The van der Waals surface area contributed by atoms with Gasteiger partial charge in [-0.15, -0.1) is 0 Å². The summed E-state index contributed by atoms with van der Waals surface area (Å²) in [7, 11) is 1.25. The number of nitrogens with zero attached hydrogens (tertiary/aromatic N) is 1. The first kappa shape index (κ1) is 23.3. The van der Waals surface area contributed by atoms with Crippen LogP contribution in [-0.4, -0.2) is 66.1 Å². The predicted molar refractivity (Wildman–Crippen MR) is 112 cm³/mol. The van der Waals surface area contributed by atoms with Crippen molar-refractivity contribution in [2.75, 3.05) is 20.2 Å². The quantitative estimate of drug-likeness (QED) is 0.503. The largest absolute Gasteiger partial charge is 0.465 e. The van der Waals surface area contributed by atoms with Crippen molar-refractivity contribution in [3.05, 3.63) is 35.4 Å². The van der Waals surface area contributed by atoms with Gasteiger partial charge in [0.2, 0.25) is 5.91 Å². The van der Waals surface area contributed by atoms with Crippen LogP contribution in [0.15, 0.2) is 24.3 Å². The van der Waals surface area contributed by atoms with E-state index in [0.717, 1.165) is 0 Å². The number of hydrogen-bond acceptors (Lipinski definition) is 7. The lowest BCUT2D eigenvalue weighted by Crippen LogP contribution is -2.60. The van der Waals surface area contributed by atoms with Gasteiger partial charge in [-0.1, -0.05) is 13.0 Å². The van der Waals surface area contributed by atoms with Gasteiger partial charge < -0.3 is 19.7 Å². The zero-order chi connectivity index (χ0) is 22.3. The van der Waals surface area contributed by atoms with Gasteiger partial charge in [-0.3, -0.25) is 19.7 Å². The SMILES string of the molecule is CCC(C)OC(=O)CC1C(=O)NCCN1C(=S)NC(=O)c1cccc(C(=O)OC)c1. The summed E-state index contributed by atoms with van der Waals surface area (Å²) in [6, 6.07) is 5.09. The second-order valence-electron chi connectivity index (χ2n) is 6.74. The summed E-state index contributed by atoms with van der Waals surface area (Å²) < 4.78 is 9.91. The zero-order valence-electron chi connectivity index (χ0n) is 17.1. The van der Waals surface area contributed by atoms with Gasteiger partial charge in [0.15, 0.2) is 5.11 Å². The van der Waals surface area contributed by atoms with Gasteiger partial charge in [-0.25, -0.2) is 4.79 Å². The fourth-order valence-electron chi connectivity index (χ4n) is 2.82. The van der Waals surface area contributed by atoms with Gasteiger partial charge in [0, 0.05) is 18.7 Å². The van der Waals surface area contributed by atoms with Crippen LogP contribution in [0.3, 0.4) is 0 Å². The van der Waals surface area contributed by atoms with E-state index in [2.05, 4.69) is 15.4 Å². The third-order valence-corrected chi connectivity index (χ3v) is 4.96. The van der Waals surface area contributed by atoms with Crippen LogP contribution < -0.4 is 10.6 Å². The second kappa shape index (κ2) is 10.7. The number of carbonyl (C=O) groups excluding carboxylic acids is 4. The van der Waals surface area contributed by atoms with Crippen LogP contribution in [0.4, 0.5) is 0 Å². The van der Waals surface area contributed by atoms with Crippen molar-refractivity contribution in [1.82, 2.24) is 15.5 Å². The molecule has 9 nitrogen and oxygen atoms in total. The van der Waals surface area contributed by atoms with Gasteiger partial charge in [0.25, 0.3) is 5.91 Å². The molecule has 0 radical (unpaired) electrons. The Bertz CT molecular complexity index is 844. The fraction of sp³-hybridized carbons (Fsp3) is 0.450. The summed E-state index contributed by atoms with van der Waals surface area (Å²) >= 11 is 5.32. The molecule has 10 heteroatoms. The number of nitrogens with one attached hydrogen (secondary N) is 2. The molecule has 0 aliphatic carbocycles. The van der Waals surface area contributed by atoms with Crippen LogP contribution in [0.5, 0.6) is 0 Å². The lowest BCUT2D eigenvalue weighted by Gasteiger charge is -2.36. The molecule has 0 saturated carbocycles. The summed E-state index contributed by atoms with van der Waals surface area (Å²) in [6.45, 7) is 4.30. The highest BCUT2D eigenvalue weighted by Crippen LogP contribution is 2.13. The molecule has 1 aliphatic rings. The predicted octanol–water partition coefficient (Wildman–Crippen LogP) is 1.02. The van der Waals surface area contributed by atoms with E-state index in [9.17, 15) is 19.2 Å². The number of esters is 2. The molecule has 162 valence electrons. The molecule has 1 saturated heterocycles. The highest BCUT2D eigenvalue weighted by Gasteiger charge is 2.34. The maximum Gasteiger partial charge on any atom is 0.337 e. The van der Waals surface area contributed by atoms with Gasteiger partial charge in [-0.05, 0) is 43.8 Å². The molecule has 30 heavy (non-hydrogen) atoms. The molecule has 0 bridgehead atoms. The van der Waals surface area contributed by atoms with Crippen LogP contribution >= 0.6 is 12.2 Å². The van der Waals surface area contributed by atoms with Gasteiger partial charge in [-0.2, -0.15) is 0 Å². The molecule has 0 spiro atoms. The molecule has 1 fully saturated rings. The number of amides is 2. The molecule has 1 aromatic carbocycles. The Morgan fingerprint density at radius 3 is 2.70 bits per heavy atom. The number of benzene rings is 1. The molecular weight excluding hydrogens is 410 g/mol. The average molecular weight is 436 g/mol. The number of rotatable bonds is 6. The van der Waals surface area contributed by atoms with E-state index in [1.54, 1.807) is 13.0 Å². The van der Waals surface area contributed by atoms with Crippen molar-refractivity contribution in [3.8, 4) is 0 Å². The van der Waals surface area contributed by atoms with Crippen molar-refractivity contribution < 1.29 is 28.7 Å². The van der Waals surface area contributed by atoms with Crippen LogP contribution in [-0.2, 0) is 19.1 Å². The third kappa shape index (κ3) is 5.99. The molecule has 2 rings (SSSR count). The zero-order valence-corrected chi connectivity index (χ0v) is 17.9. The van der Waals surface area contributed by atoms with Gasteiger partial charge in [0.05, 0.1) is 25.2 Å². The molecule has 1 heterocycles. The van der Waals surface area contributed by atoms with Crippen LogP contribution in [0, 0.1) is 0 Å². The van der Waals surface area contributed by atoms with Crippen molar-refractivity contribution in [2.45, 2.75) is 38.8 Å². The average Bonchev–Trinajstić information content (AvgIpc) is 2.74. The van der Waals surface area contributed by atoms with E-state index in [-0.39, 0.29) is 34.7 Å². The second-order valence-corrected chi connectivity index (χ2v) is 7.13. The van der Waals surface area contributed by atoms with E-state index in [1.807, 2.05) is 6.92 Å². The van der Waals surface area contributed by atoms with Crippen molar-refractivity contribution >= 4 is 41.1 Å². The Labute approximate surface area is 180 Å². The Kier molecular flexibility index (Phi) is 8.28. The van der Waals surface area contributed by atoms with Crippen molar-refractivity contribution in [1.29, 1.82) is 0 Å². The Morgan fingerprint density at radius 1 is 1.33 bits per heavy atom. The Balaban J connectivity index is 2.09. The molecule has 1 aliphatic heterocycles. The smallest absolute Gasteiger partial charge is 0.337 e. The van der Waals surface area contributed by atoms with E-state index < -0.39 is 23.9 Å². The molecule has 2 unspecified atom stereocenters. The number of hydrogen-bond donors (Lipinski definition) is 2. The molecular formula is C20H25N3O6S. The summed E-state index contributed by atoms with van der Waals surface area (Å²) in [5.41, 5.74) is 0.425. The van der Waals surface area contributed by atoms with Crippen LogP contribution in [0.25, 0.3) is 0 Å². The maximum atomic E-state index is 12.6. The number of thiocarbonyl (C=S) groups is 1. The Hall–Kier alpha value is -3.01. The number of ether oxygens (including phenoxy) is 2. The minimum absolute atomic E-state index is 0.0136. The molecule has 1 aromatic rings. The van der Waals surface area contributed by atoms with E-state index in [1.165, 1.54) is 30.2 Å². The normalized spacial score (nSPS) is 16.8. The van der Waals surface area contributed by atoms with E-state index in [4.69, 9.17) is 17.0 Å². The van der Waals surface area contributed by atoms with Crippen LogP contribution in [0.1, 0.15) is 47.4 Å². The molecule has 2 amide bonds. The highest BCUT2D eigenvalue weighted by molar-refractivity contribution is 7.80. The van der Waals surface area contributed by atoms with Crippen LogP contribution in [0.2, 0.25) is 0 Å². The highest BCUT2D eigenvalue weighted by atomic mass is 32.1. The standard InChI is InChI=1S/C20H25N3O6S/c1-4-12(2)29-16(24)11-15-18(26)21-8-9-23(15)20(30)22-17(25)13-6-5-7-14(10-13)19(27)28-3/h5-7,10,12,15H,4,8-9,11H2,1-3H3,(H,21,26)(H,22,25,30). The molecule has 0 aromatic heterocycles. The van der Waals surface area contributed by atoms with Crippen molar-refractivity contribution in [2.24, 2.45) is 0 Å². The maximum absolute atomic E-state index is 12.6. The van der Waals surface area contributed by atoms with Gasteiger partial charge in [0.1, 0.15) is 6.04 Å². The topological polar surface area (TPSA) is 114 Å². The first-order chi connectivity index (χ1) is 14.3. The number of carbonyl (C=O) groups is 4. The summed E-state index contributed by atoms with van der Waals surface area (Å²) in [5, 5.41) is 5.26. The lowest BCUT2D eigenvalue weighted by atomic mass is 10.1. The van der Waals surface area contributed by atoms with Gasteiger partial charge >= 0.3 is 11.9 Å². The summed E-state index contributed by atoms with van der Waals surface area (Å²) in [4.78, 5) is 50.2. The fourth-order valence-corrected chi connectivity index (χ4v) is 3.13. The minimum Gasteiger partial charge on any atom is -0.465 e. The summed E-state index contributed by atoms with van der Waals surface area (Å²) in [5.74, 6) is -2.00. The first-order valence-electron chi connectivity index (χ1n) is 9.54. The Morgan fingerprint density at radius 2 is 2.03 bits per heavy atom. The van der Waals surface area contributed by atoms with Crippen molar-refractivity contribution in [3.63, 3.8) is 0 Å². The molecule has 2 atom stereocenters. The number of piperazine rings is 1. The number of methoxy groups -OCH3 is 1. The first-order valence-corrected chi connectivity index (χ1v) is 9.95. The monoisotopic (exact) mass is 435 g/mol. The van der Waals surface area contributed by atoms with E-state index >= 15 is 0 Å². The lowest BCUT2D eigenvalue weighted by molar-refractivity contribution is -0.151. The van der Waals surface area contributed by atoms with E-state index in [0.29, 0.717) is 19.5 Å². The molecule has 2 N–H and O–H groups in total.